The van der Waals surface area contributed by atoms with Crippen molar-refractivity contribution in [2.75, 3.05) is 0 Å². The number of para-hydroxylation sites is 1. The lowest BCUT2D eigenvalue weighted by atomic mass is 9.98. The number of nitrogens with two attached hydrogens (primary N) is 1. The maximum Gasteiger partial charge on any atom is 0.320 e. The Morgan fingerprint density at radius 2 is 2.04 bits per heavy atom. The topological polar surface area (TPSA) is 107 Å². The Balaban J connectivity index is 1.69. The lowest BCUT2D eigenvalue weighted by Crippen LogP contribution is -2.32. The van der Waals surface area contributed by atoms with Crippen LogP contribution in [0.25, 0.3) is 10.9 Å². The highest BCUT2D eigenvalue weighted by Gasteiger charge is 2.18. The molecule has 1 fully saturated rings. The minimum absolute atomic E-state index is 0.107. The highest BCUT2D eigenvalue weighted by Crippen LogP contribution is 2.23. The van der Waals surface area contributed by atoms with Crippen LogP contribution in [0.2, 0.25) is 0 Å². The van der Waals surface area contributed by atoms with Gasteiger partial charge in [0, 0.05) is 18.0 Å². The molecule has 1 atom stereocenters. The molecule has 7 nitrogen and oxygen atoms in total. The molecule has 3 rings (SSSR count). The Bertz CT molecular complexity index is 837. The molecule has 7 heteroatoms. The van der Waals surface area contributed by atoms with Gasteiger partial charge in [0.1, 0.15) is 12.1 Å². The first-order chi connectivity index (χ1) is 13.1. The summed E-state index contributed by atoms with van der Waals surface area (Å²) >= 11 is 0. The summed E-state index contributed by atoms with van der Waals surface area (Å²) in [5.74, 6) is -1.22. The van der Waals surface area contributed by atoms with Crippen LogP contribution in [-0.4, -0.2) is 39.9 Å². The molecule has 1 aliphatic carbocycles. The Labute approximate surface area is 157 Å². The normalized spacial score (nSPS) is 16.6. The summed E-state index contributed by atoms with van der Waals surface area (Å²) in [4.78, 5) is 29.1. The number of oxime groups is 1. The van der Waals surface area contributed by atoms with Gasteiger partial charge in [0.25, 0.3) is 0 Å². The molecule has 1 aliphatic rings. The van der Waals surface area contributed by atoms with Crippen molar-refractivity contribution in [1.82, 2.24) is 4.57 Å². The van der Waals surface area contributed by atoms with Crippen LogP contribution in [0.4, 0.5) is 0 Å². The number of aliphatic carboxylic acids is 1. The van der Waals surface area contributed by atoms with Crippen molar-refractivity contribution in [1.29, 1.82) is 0 Å². The van der Waals surface area contributed by atoms with Gasteiger partial charge in [-0.1, -0.05) is 29.8 Å². The van der Waals surface area contributed by atoms with E-state index >= 15 is 0 Å². The van der Waals surface area contributed by atoms with Crippen molar-refractivity contribution < 1.29 is 19.5 Å². The summed E-state index contributed by atoms with van der Waals surface area (Å²) < 4.78 is 1.53. The standard InChI is InChI=1S/C20H25N3O4/c21-17(20(25)26)12-14-13-23(18-9-5-4-8-16(14)18)19(24)10-11-22-27-15-6-2-1-3-7-15/h4-5,8-9,11,13,15,17H,1-3,6-7,10,12,21H2,(H,25,26)/b22-11+. The Morgan fingerprint density at radius 1 is 1.30 bits per heavy atom. The van der Waals surface area contributed by atoms with Crippen LogP contribution in [0.15, 0.2) is 35.6 Å². The number of hydrogen-bond donors (Lipinski definition) is 2. The van der Waals surface area contributed by atoms with Crippen LogP contribution in [0.1, 0.15) is 48.9 Å². The first-order valence-corrected chi connectivity index (χ1v) is 9.34. The van der Waals surface area contributed by atoms with E-state index in [1.165, 1.54) is 17.2 Å². The van der Waals surface area contributed by atoms with Crippen LogP contribution in [0, 0.1) is 0 Å². The van der Waals surface area contributed by atoms with Gasteiger partial charge in [0.05, 0.1) is 18.2 Å². The summed E-state index contributed by atoms with van der Waals surface area (Å²) in [6, 6.07) is 6.38. The van der Waals surface area contributed by atoms with E-state index < -0.39 is 12.0 Å². The second kappa shape index (κ2) is 8.81. The number of carbonyl (C=O) groups excluding carboxylic acids is 1. The van der Waals surface area contributed by atoms with Crippen LogP contribution in [-0.2, 0) is 16.1 Å². The van der Waals surface area contributed by atoms with E-state index in [2.05, 4.69) is 5.16 Å². The number of benzene rings is 1. The molecule has 0 aliphatic heterocycles. The molecule has 0 spiro atoms. The lowest BCUT2D eigenvalue weighted by molar-refractivity contribution is -0.138. The fourth-order valence-electron chi connectivity index (χ4n) is 3.46. The lowest BCUT2D eigenvalue weighted by Gasteiger charge is -2.18. The number of carboxylic acids is 1. The van der Waals surface area contributed by atoms with Crippen LogP contribution >= 0.6 is 0 Å². The first-order valence-electron chi connectivity index (χ1n) is 9.34. The maximum absolute atomic E-state index is 12.6. The largest absolute Gasteiger partial charge is 0.480 e. The van der Waals surface area contributed by atoms with Gasteiger partial charge < -0.3 is 15.7 Å². The molecule has 144 valence electrons. The molecule has 27 heavy (non-hydrogen) atoms. The second-order valence-corrected chi connectivity index (χ2v) is 6.94. The predicted molar refractivity (Wildman–Crippen MR) is 103 cm³/mol. The first kappa shape index (κ1) is 19.1. The smallest absolute Gasteiger partial charge is 0.320 e. The number of nitrogens with zero attached hydrogens (tertiary/aromatic N) is 2. The van der Waals surface area contributed by atoms with E-state index in [4.69, 9.17) is 15.7 Å². The molecular weight excluding hydrogens is 346 g/mol. The molecule has 0 saturated heterocycles. The van der Waals surface area contributed by atoms with Crippen molar-refractivity contribution in [2.45, 2.75) is 57.1 Å². The van der Waals surface area contributed by atoms with E-state index in [1.54, 1.807) is 6.20 Å². The van der Waals surface area contributed by atoms with Gasteiger partial charge in [-0.05, 0) is 37.3 Å². The predicted octanol–water partition coefficient (Wildman–Crippen LogP) is 2.96. The summed E-state index contributed by atoms with van der Waals surface area (Å²) in [5, 5.41) is 13.8. The maximum atomic E-state index is 12.6. The summed E-state index contributed by atoms with van der Waals surface area (Å²) in [6.07, 6.45) is 9.19. The molecule has 1 aromatic heterocycles. The molecule has 1 aromatic carbocycles. The third kappa shape index (κ3) is 4.74. The number of carboxylic acid groups (broad SMARTS) is 1. The second-order valence-electron chi connectivity index (χ2n) is 6.94. The number of rotatable bonds is 7. The molecule has 2 aromatic rings. The number of hydrogen-bond acceptors (Lipinski definition) is 5. The Morgan fingerprint density at radius 3 is 2.78 bits per heavy atom. The van der Waals surface area contributed by atoms with Gasteiger partial charge in [0.2, 0.25) is 5.91 Å². The van der Waals surface area contributed by atoms with Gasteiger partial charge in [-0.3, -0.25) is 14.2 Å². The Kier molecular flexibility index (Phi) is 6.24. The van der Waals surface area contributed by atoms with Crippen LogP contribution in [0.5, 0.6) is 0 Å². The highest BCUT2D eigenvalue weighted by atomic mass is 16.6. The molecular formula is C20H25N3O4. The quantitative estimate of drug-likeness (QED) is 0.575. The van der Waals surface area contributed by atoms with E-state index in [9.17, 15) is 9.59 Å². The van der Waals surface area contributed by atoms with Crippen molar-refractivity contribution in [3.8, 4) is 0 Å². The monoisotopic (exact) mass is 371 g/mol. The fraction of sp³-hybridized carbons (Fsp3) is 0.450. The van der Waals surface area contributed by atoms with Crippen molar-refractivity contribution in [3.05, 3.63) is 36.0 Å². The van der Waals surface area contributed by atoms with Crippen LogP contribution < -0.4 is 5.73 Å². The zero-order valence-corrected chi connectivity index (χ0v) is 15.2. The third-order valence-corrected chi connectivity index (χ3v) is 4.92. The molecule has 1 unspecified atom stereocenters. The minimum Gasteiger partial charge on any atom is -0.480 e. The van der Waals surface area contributed by atoms with E-state index in [1.807, 2.05) is 24.3 Å². The van der Waals surface area contributed by atoms with Crippen molar-refractivity contribution in [3.63, 3.8) is 0 Å². The summed E-state index contributed by atoms with van der Waals surface area (Å²) in [6.45, 7) is 0. The number of aromatic nitrogens is 1. The number of carbonyl (C=O) groups is 2. The zero-order chi connectivity index (χ0) is 19.2. The van der Waals surface area contributed by atoms with Crippen LogP contribution in [0.3, 0.4) is 0 Å². The highest BCUT2D eigenvalue weighted by molar-refractivity contribution is 5.99. The number of fused-ring (bicyclic) bond motifs is 1. The average molecular weight is 371 g/mol. The molecule has 1 saturated carbocycles. The third-order valence-electron chi connectivity index (χ3n) is 4.92. The molecule has 3 N–H and O–H groups in total. The van der Waals surface area contributed by atoms with Gasteiger partial charge in [0.15, 0.2) is 0 Å². The average Bonchev–Trinajstić information content (AvgIpc) is 3.04. The molecule has 1 heterocycles. The van der Waals surface area contributed by atoms with Gasteiger partial charge in [-0.25, -0.2) is 0 Å². The SMILES string of the molecule is NC(Cc1cn(C(=O)C/C=N/OC2CCCCC2)c2ccccc12)C(=O)O. The summed E-state index contributed by atoms with van der Waals surface area (Å²) in [5.41, 5.74) is 7.14. The van der Waals surface area contributed by atoms with Crippen molar-refractivity contribution in [2.24, 2.45) is 10.9 Å². The van der Waals surface area contributed by atoms with Crippen molar-refractivity contribution >= 4 is 29.0 Å². The fourth-order valence-corrected chi connectivity index (χ4v) is 3.46. The van der Waals surface area contributed by atoms with E-state index in [0.717, 1.165) is 42.1 Å². The van der Waals surface area contributed by atoms with E-state index in [0.29, 0.717) is 0 Å². The molecule has 0 bridgehead atoms. The van der Waals surface area contributed by atoms with Gasteiger partial charge in [-0.15, -0.1) is 0 Å². The molecule has 0 radical (unpaired) electrons. The Hall–Kier alpha value is -2.67. The summed E-state index contributed by atoms with van der Waals surface area (Å²) in [7, 11) is 0. The molecule has 0 amide bonds. The zero-order valence-electron chi connectivity index (χ0n) is 15.2. The van der Waals surface area contributed by atoms with Gasteiger partial charge >= 0.3 is 5.97 Å². The van der Waals surface area contributed by atoms with Gasteiger partial charge in [-0.2, -0.15) is 0 Å². The van der Waals surface area contributed by atoms with E-state index in [-0.39, 0.29) is 24.9 Å². The minimum atomic E-state index is -1.06.